The Morgan fingerprint density at radius 1 is 1.39 bits per heavy atom. The zero-order valence-electron chi connectivity index (χ0n) is 13.1. The highest BCUT2D eigenvalue weighted by atomic mass is 16.6. The molecule has 3 rings (SSSR count). The van der Waals surface area contributed by atoms with Crippen molar-refractivity contribution in [2.24, 2.45) is 11.8 Å². The molecule has 0 spiro atoms. The van der Waals surface area contributed by atoms with Crippen LogP contribution < -0.4 is 15.4 Å². The van der Waals surface area contributed by atoms with E-state index < -0.39 is 4.92 Å². The van der Waals surface area contributed by atoms with Crippen LogP contribution in [0.4, 0.5) is 17.1 Å². The van der Waals surface area contributed by atoms with Gasteiger partial charge in [-0.05, 0) is 24.3 Å². The number of ether oxygens (including phenoxy) is 1. The van der Waals surface area contributed by atoms with E-state index in [0.29, 0.717) is 35.5 Å². The molecular formula is C16H21N3O4. The summed E-state index contributed by atoms with van der Waals surface area (Å²) in [5.41, 5.74) is 0.881. The summed E-state index contributed by atoms with van der Waals surface area (Å²) in [6.45, 7) is 2.83. The van der Waals surface area contributed by atoms with Gasteiger partial charge < -0.3 is 15.4 Å². The number of hydrogen-bond acceptors (Lipinski definition) is 5. The highest BCUT2D eigenvalue weighted by molar-refractivity contribution is 5.96. The van der Waals surface area contributed by atoms with Gasteiger partial charge >= 0.3 is 0 Å². The number of fused-ring (bicyclic) bond motifs is 1. The van der Waals surface area contributed by atoms with E-state index in [9.17, 15) is 14.9 Å². The second-order valence-corrected chi connectivity index (χ2v) is 6.36. The van der Waals surface area contributed by atoms with Crippen molar-refractivity contribution in [3.8, 4) is 5.75 Å². The summed E-state index contributed by atoms with van der Waals surface area (Å²) in [6.07, 6.45) is 4.84. The summed E-state index contributed by atoms with van der Waals surface area (Å²) in [5, 5.41) is 17.2. The molecule has 0 bridgehead atoms. The molecule has 1 aliphatic carbocycles. The third-order valence-corrected chi connectivity index (χ3v) is 4.77. The van der Waals surface area contributed by atoms with Gasteiger partial charge in [-0.15, -0.1) is 0 Å². The number of anilines is 2. The first-order valence-corrected chi connectivity index (χ1v) is 8.03. The lowest BCUT2D eigenvalue weighted by Crippen LogP contribution is -2.26. The minimum Gasteiger partial charge on any atom is -0.481 e. The first-order chi connectivity index (χ1) is 11.0. The first-order valence-electron chi connectivity index (χ1n) is 8.03. The number of hydrogen-bond donors (Lipinski definition) is 2. The lowest BCUT2D eigenvalue weighted by molar-refractivity contribution is -0.384. The molecule has 1 saturated carbocycles. The smallest absolute Gasteiger partial charge is 0.296 e. The van der Waals surface area contributed by atoms with Crippen LogP contribution in [0.15, 0.2) is 12.1 Å². The zero-order chi connectivity index (χ0) is 16.4. The lowest BCUT2D eigenvalue weighted by Gasteiger charge is -2.29. The predicted octanol–water partition coefficient (Wildman–Crippen LogP) is 3.16. The quantitative estimate of drug-likeness (QED) is 0.657. The number of benzene rings is 1. The molecule has 2 unspecified atom stereocenters. The summed E-state index contributed by atoms with van der Waals surface area (Å²) < 4.78 is 5.25. The molecule has 0 radical (unpaired) electrons. The average molecular weight is 319 g/mol. The largest absolute Gasteiger partial charge is 0.481 e. The van der Waals surface area contributed by atoms with E-state index in [-0.39, 0.29) is 18.2 Å². The van der Waals surface area contributed by atoms with Crippen molar-refractivity contribution in [2.45, 2.75) is 32.6 Å². The van der Waals surface area contributed by atoms with Gasteiger partial charge in [-0.2, -0.15) is 0 Å². The molecule has 124 valence electrons. The van der Waals surface area contributed by atoms with Crippen molar-refractivity contribution >= 4 is 23.0 Å². The Hall–Kier alpha value is -2.31. The van der Waals surface area contributed by atoms with Gasteiger partial charge in [0.15, 0.2) is 12.4 Å². The molecular weight excluding hydrogens is 298 g/mol. The fraction of sp³-hybridized carbons (Fsp3) is 0.562. The number of nitrogens with zero attached hydrogens (tertiary/aromatic N) is 1. The van der Waals surface area contributed by atoms with Crippen molar-refractivity contribution in [2.75, 3.05) is 23.8 Å². The summed E-state index contributed by atoms with van der Waals surface area (Å²) in [7, 11) is 0. The van der Waals surface area contributed by atoms with Gasteiger partial charge in [-0.1, -0.05) is 26.2 Å². The van der Waals surface area contributed by atoms with Gasteiger partial charge in [0.25, 0.3) is 11.6 Å². The van der Waals surface area contributed by atoms with Crippen molar-refractivity contribution in [1.82, 2.24) is 0 Å². The molecule has 1 aromatic carbocycles. The fourth-order valence-corrected chi connectivity index (χ4v) is 3.35. The van der Waals surface area contributed by atoms with Gasteiger partial charge in [-0.25, -0.2) is 0 Å². The van der Waals surface area contributed by atoms with E-state index in [0.717, 1.165) is 6.42 Å². The van der Waals surface area contributed by atoms with Crippen LogP contribution in [0.2, 0.25) is 0 Å². The summed E-state index contributed by atoms with van der Waals surface area (Å²) in [6, 6.07) is 2.97. The molecule has 1 aliphatic heterocycles. The standard InChI is InChI=1S/C16H21N3O4/c1-10-4-2-3-5-11(10)8-17-12-6-13-15(7-14(12)19(21)22)23-9-16(20)18-13/h6-7,10-11,17H,2-5,8-9H2,1H3,(H,18,20). The Morgan fingerprint density at radius 3 is 2.91 bits per heavy atom. The number of nitro benzene ring substituents is 1. The van der Waals surface area contributed by atoms with Crippen molar-refractivity contribution in [3.63, 3.8) is 0 Å². The third kappa shape index (κ3) is 3.38. The van der Waals surface area contributed by atoms with Crippen LogP contribution >= 0.6 is 0 Å². The normalized spacial score (nSPS) is 23.4. The van der Waals surface area contributed by atoms with E-state index in [1.54, 1.807) is 6.07 Å². The molecule has 2 atom stereocenters. The van der Waals surface area contributed by atoms with Crippen molar-refractivity contribution < 1.29 is 14.5 Å². The number of nitro groups is 1. The Balaban J connectivity index is 1.80. The summed E-state index contributed by atoms with van der Waals surface area (Å²) >= 11 is 0. The van der Waals surface area contributed by atoms with E-state index in [4.69, 9.17) is 4.74 Å². The highest BCUT2D eigenvalue weighted by Crippen LogP contribution is 2.38. The van der Waals surface area contributed by atoms with Crippen LogP contribution in [0.1, 0.15) is 32.6 Å². The van der Waals surface area contributed by atoms with Gasteiger partial charge in [0, 0.05) is 6.54 Å². The maximum Gasteiger partial charge on any atom is 0.296 e. The van der Waals surface area contributed by atoms with Crippen LogP contribution in [-0.2, 0) is 4.79 Å². The molecule has 2 aliphatic rings. The second kappa shape index (κ2) is 6.44. The maximum atomic E-state index is 11.4. The molecule has 2 N–H and O–H groups in total. The first kappa shape index (κ1) is 15.6. The van der Waals surface area contributed by atoms with Crippen LogP contribution in [0.25, 0.3) is 0 Å². The van der Waals surface area contributed by atoms with Gasteiger partial charge in [-0.3, -0.25) is 14.9 Å². The number of carbonyl (C=O) groups excluding carboxylic acids is 1. The highest BCUT2D eigenvalue weighted by Gasteiger charge is 2.25. The van der Waals surface area contributed by atoms with Crippen LogP contribution in [-0.4, -0.2) is 24.0 Å². The monoisotopic (exact) mass is 319 g/mol. The lowest BCUT2D eigenvalue weighted by atomic mass is 9.80. The number of rotatable bonds is 4. The zero-order valence-corrected chi connectivity index (χ0v) is 13.1. The average Bonchev–Trinajstić information content (AvgIpc) is 2.53. The molecule has 7 heteroatoms. The van der Waals surface area contributed by atoms with E-state index in [2.05, 4.69) is 17.6 Å². The summed E-state index contributed by atoms with van der Waals surface area (Å²) in [5.74, 6) is 1.23. The maximum absolute atomic E-state index is 11.4. The Bertz CT molecular complexity index is 632. The molecule has 0 saturated heterocycles. The molecule has 1 amide bonds. The van der Waals surface area contributed by atoms with Gasteiger partial charge in [0.1, 0.15) is 5.69 Å². The molecule has 1 aromatic rings. The van der Waals surface area contributed by atoms with E-state index in [1.807, 2.05) is 0 Å². The van der Waals surface area contributed by atoms with Gasteiger partial charge in [0.05, 0.1) is 16.7 Å². The predicted molar refractivity (Wildman–Crippen MR) is 86.8 cm³/mol. The molecule has 1 fully saturated rings. The minimum absolute atomic E-state index is 0.0247. The molecule has 1 heterocycles. The third-order valence-electron chi connectivity index (χ3n) is 4.77. The molecule has 7 nitrogen and oxygen atoms in total. The van der Waals surface area contributed by atoms with E-state index >= 15 is 0 Å². The number of amides is 1. The minimum atomic E-state index is -0.424. The Labute approximate surface area is 134 Å². The number of nitrogens with one attached hydrogen (secondary N) is 2. The van der Waals surface area contributed by atoms with Crippen molar-refractivity contribution in [1.29, 1.82) is 0 Å². The van der Waals surface area contributed by atoms with E-state index in [1.165, 1.54) is 25.3 Å². The Kier molecular flexibility index (Phi) is 4.36. The van der Waals surface area contributed by atoms with Crippen LogP contribution in [0.3, 0.4) is 0 Å². The SMILES string of the molecule is CC1CCCCC1CNc1cc2c(cc1[N+](=O)[O-])OCC(=O)N2. The number of carbonyl (C=O) groups is 1. The topological polar surface area (TPSA) is 93.5 Å². The van der Waals surface area contributed by atoms with Crippen molar-refractivity contribution in [3.05, 3.63) is 22.2 Å². The molecule has 23 heavy (non-hydrogen) atoms. The van der Waals surface area contributed by atoms with Crippen LogP contribution in [0.5, 0.6) is 5.75 Å². The summed E-state index contributed by atoms with van der Waals surface area (Å²) in [4.78, 5) is 22.3. The second-order valence-electron chi connectivity index (χ2n) is 6.36. The van der Waals surface area contributed by atoms with Gasteiger partial charge in [0.2, 0.25) is 0 Å². The van der Waals surface area contributed by atoms with Crippen LogP contribution in [0, 0.1) is 22.0 Å². The Morgan fingerprint density at radius 2 is 2.17 bits per heavy atom. The fourth-order valence-electron chi connectivity index (χ4n) is 3.35. The molecule has 0 aromatic heterocycles.